The molecule has 2 N–H and O–H groups in total. The summed E-state index contributed by atoms with van der Waals surface area (Å²) in [5.41, 5.74) is 4.24. The van der Waals surface area contributed by atoms with Crippen molar-refractivity contribution >= 4 is 23.1 Å². The number of aromatic nitrogens is 2. The molecule has 0 bridgehead atoms. The summed E-state index contributed by atoms with van der Waals surface area (Å²) in [6, 6.07) is 15.7. The summed E-state index contributed by atoms with van der Waals surface area (Å²) >= 11 is 0. The van der Waals surface area contributed by atoms with Gasteiger partial charge in [-0.05, 0) is 36.1 Å². The predicted octanol–water partition coefficient (Wildman–Crippen LogP) is 4.90. The number of para-hydroxylation sites is 2. The van der Waals surface area contributed by atoms with Crippen molar-refractivity contribution in [2.45, 2.75) is 26.7 Å². The van der Waals surface area contributed by atoms with Crippen molar-refractivity contribution in [2.75, 3.05) is 10.6 Å². The summed E-state index contributed by atoms with van der Waals surface area (Å²) in [6.45, 7) is 6.21. The molecule has 0 aliphatic rings. The van der Waals surface area contributed by atoms with Gasteiger partial charge >= 0.3 is 0 Å². The van der Waals surface area contributed by atoms with Gasteiger partial charge < -0.3 is 10.6 Å². The molecular formula is C21H22N4O. The van der Waals surface area contributed by atoms with Crippen molar-refractivity contribution in [1.29, 1.82) is 0 Å². The van der Waals surface area contributed by atoms with Gasteiger partial charge in [-0.3, -0.25) is 4.79 Å². The maximum Gasteiger partial charge on any atom is 0.275 e. The molecule has 0 spiro atoms. The highest BCUT2D eigenvalue weighted by atomic mass is 16.1. The van der Waals surface area contributed by atoms with E-state index in [9.17, 15) is 4.79 Å². The number of rotatable bonds is 5. The van der Waals surface area contributed by atoms with Gasteiger partial charge in [0, 0.05) is 11.4 Å². The normalized spacial score (nSPS) is 10.6. The number of anilines is 3. The molecule has 1 aromatic heterocycles. The number of carbonyl (C=O) groups excluding carboxylic acids is 1. The largest absolute Gasteiger partial charge is 0.339 e. The smallest absolute Gasteiger partial charge is 0.275 e. The van der Waals surface area contributed by atoms with E-state index >= 15 is 0 Å². The van der Waals surface area contributed by atoms with E-state index in [2.05, 4.69) is 34.4 Å². The van der Waals surface area contributed by atoms with Crippen LogP contribution < -0.4 is 10.6 Å². The number of hydrogen-bond donors (Lipinski definition) is 2. The molecule has 0 aliphatic carbocycles. The summed E-state index contributed by atoms with van der Waals surface area (Å²) in [6.07, 6.45) is 3.05. The topological polar surface area (TPSA) is 66.9 Å². The minimum atomic E-state index is -0.270. The second-order valence-electron chi connectivity index (χ2n) is 6.42. The zero-order valence-corrected chi connectivity index (χ0v) is 15.2. The van der Waals surface area contributed by atoms with Crippen molar-refractivity contribution in [3.8, 4) is 0 Å². The lowest BCUT2D eigenvalue weighted by molar-refractivity contribution is 0.102. The molecular weight excluding hydrogens is 324 g/mol. The quantitative estimate of drug-likeness (QED) is 0.689. The average Bonchev–Trinajstić information content (AvgIpc) is 2.64. The minimum absolute atomic E-state index is 0.270. The Kier molecular flexibility index (Phi) is 5.27. The van der Waals surface area contributed by atoms with Crippen LogP contribution in [0.3, 0.4) is 0 Å². The van der Waals surface area contributed by atoms with Gasteiger partial charge in [0.15, 0.2) is 0 Å². The van der Waals surface area contributed by atoms with Crippen molar-refractivity contribution < 1.29 is 4.79 Å². The van der Waals surface area contributed by atoms with Crippen molar-refractivity contribution in [1.82, 2.24) is 9.97 Å². The highest BCUT2D eigenvalue weighted by Gasteiger charge is 2.12. The summed E-state index contributed by atoms with van der Waals surface area (Å²) in [5, 5.41) is 6.13. The summed E-state index contributed by atoms with van der Waals surface area (Å²) in [5.74, 6) is 0.643. The van der Waals surface area contributed by atoms with Gasteiger partial charge in [0.2, 0.25) is 0 Å². The van der Waals surface area contributed by atoms with Crippen LogP contribution in [0.4, 0.5) is 17.2 Å². The number of amides is 1. The number of carbonyl (C=O) groups is 1. The Bertz CT molecular complexity index is 904. The monoisotopic (exact) mass is 346 g/mol. The Labute approximate surface area is 153 Å². The first-order chi connectivity index (χ1) is 12.5. The summed E-state index contributed by atoms with van der Waals surface area (Å²) in [7, 11) is 0. The van der Waals surface area contributed by atoms with Crippen LogP contribution in [0.5, 0.6) is 0 Å². The molecule has 5 heteroatoms. The SMILES string of the molecule is Cc1ccccc1Nc1cnc(C(=O)Nc2ccccc2C(C)C)cn1. The molecule has 0 saturated heterocycles. The van der Waals surface area contributed by atoms with Crippen LogP contribution in [0.15, 0.2) is 60.9 Å². The number of nitrogens with zero attached hydrogens (tertiary/aromatic N) is 2. The molecule has 0 unspecified atom stereocenters. The van der Waals surface area contributed by atoms with Crippen LogP contribution in [0, 0.1) is 6.92 Å². The highest BCUT2D eigenvalue weighted by molar-refractivity contribution is 6.03. The second-order valence-corrected chi connectivity index (χ2v) is 6.42. The Morgan fingerprint density at radius 1 is 0.923 bits per heavy atom. The number of nitrogens with one attached hydrogen (secondary N) is 2. The molecule has 2 aromatic carbocycles. The standard InChI is InChI=1S/C21H22N4O/c1-14(2)16-9-5-7-11-18(16)25-21(26)19-12-23-20(13-22-19)24-17-10-6-4-8-15(17)3/h4-14H,1-3H3,(H,23,24)(H,25,26). The van der Waals surface area contributed by atoms with Gasteiger partial charge in [-0.1, -0.05) is 50.2 Å². The van der Waals surface area contributed by atoms with Crippen LogP contribution in [0.1, 0.15) is 41.4 Å². The third-order valence-corrected chi connectivity index (χ3v) is 4.12. The van der Waals surface area contributed by atoms with Crippen LogP contribution in [0.25, 0.3) is 0 Å². The van der Waals surface area contributed by atoms with Gasteiger partial charge in [-0.15, -0.1) is 0 Å². The minimum Gasteiger partial charge on any atom is -0.339 e. The van der Waals surface area contributed by atoms with Crippen LogP contribution in [0.2, 0.25) is 0 Å². The van der Waals surface area contributed by atoms with Crippen molar-refractivity contribution in [3.05, 3.63) is 77.7 Å². The molecule has 5 nitrogen and oxygen atoms in total. The number of aryl methyl sites for hydroxylation is 1. The maximum atomic E-state index is 12.5. The van der Waals surface area contributed by atoms with E-state index < -0.39 is 0 Å². The lowest BCUT2D eigenvalue weighted by Crippen LogP contribution is -2.15. The Morgan fingerprint density at radius 3 is 2.27 bits per heavy atom. The van der Waals surface area contributed by atoms with Gasteiger partial charge in [0.25, 0.3) is 5.91 Å². The number of benzene rings is 2. The molecule has 1 amide bonds. The molecule has 0 radical (unpaired) electrons. The van der Waals surface area contributed by atoms with Crippen molar-refractivity contribution in [2.24, 2.45) is 0 Å². The van der Waals surface area contributed by atoms with Crippen LogP contribution in [-0.4, -0.2) is 15.9 Å². The third-order valence-electron chi connectivity index (χ3n) is 4.12. The Balaban J connectivity index is 1.73. The number of hydrogen-bond acceptors (Lipinski definition) is 4. The van der Waals surface area contributed by atoms with Gasteiger partial charge in [-0.25, -0.2) is 9.97 Å². The fourth-order valence-corrected chi connectivity index (χ4v) is 2.66. The zero-order valence-electron chi connectivity index (χ0n) is 15.2. The molecule has 1 heterocycles. The lowest BCUT2D eigenvalue weighted by atomic mass is 10.0. The first-order valence-corrected chi connectivity index (χ1v) is 8.59. The first-order valence-electron chi connectivity index (χ1n) is 8.59. The third kappa shape index (κ3) is 4.06. The fraction of sp³-hybridized carbons (Fsp3) is 0.190. The Morgan fingerprint density at radius 2 is 1.62 bits per heavy atom. The molecule has 0 saturated carbocycles. The van der Waals surface area contributed by atoms with E-state index in [0.29, 0.717) is 11.7 Å². The van der Waals surface area contributed by atoms with E-state index in [0.717, 1.165) is 22.5 Å². The van der Waals surface area contributed by atoms with E-state index in [1.54, 1.807) is 6.20 Å². The predicted molar refractivity (Wildman–Crippen MR) is 105 cm³/mol. The summed E-state index contributed by atoms with van der Waals surface area (Å²) < 4.78 is 0. The van der Waals surface area contributed by atoms with Crippen LogP contribution >= 0.6 is 0 Å². The van der Waals surface area contributed by atoms with E-state index in [4.69, 9.17) is 0 Å². The lowest BCUT2D eigenvalue weighted by Gasteiger charge is -2.13. The molecule has 0 atom stereocenters. The van der Waals surface area contributed by atoms with Gasteiger partial charge in [0.1, 0.15) is 11.5 Å². The molecule has 0 fully saturated rings. The van der Waals surface area contributed by atoms with Crippen molar-refractivity contribution in [3.63, 3.8) is 0 Å². The Hall–Kier alpha value is -3.21. The second kappa shape index (κ2) is 7.78. The van der Waals surface area contributed by atoms with Gasteiger partial charge in [0.05, 0.1) is 12.4 Å². The maximum absolute atomic E-state index is 12.5. The molecule has 26 heavy (non-hydrogen) atoms. The highest BCUT2D eigenvalue weighted by Crippen LogP contribution is 2.24. The summed E-state index contributed by atoms with van der Waals surface area (Å²) in [4.78, 5) is 21.0. The molecule has 3 aromatic rings. The van der Waals surface area contributed by atoms with E-state index in [-0.39, 0.29) is 11.6 Å². The molecule has 3 rings (SSSR count). The van der Waals surface area contributed by atoms with E-state index in [1.165, 1.54) is 6.20 Å². The first kappa shape index (κ1) is 17.6. The van der Waals surface area contributed by atoms with Crippen LogP contribution in [-0.2, 0) is 0 Å². The average molecular weight is 346 g/mol. The van der Waals surface area contributed by atoms with Gasteiger partial charge in [-0.2, -0.15) is 0 Å². The molecule has 132 valence electrons. The van der Waals surface area contributed by atoms with E-state index in [1.807, 2.05) is 55.5 Å². The fourth-order valence-electron chi connectivity index (χ4n) is 2.66. The zero-order chi connectivity index (χ0) is 18.5. The molecule has 0 aliphatic heterocycles.